The van der Waals surface area contributed by atoms with Gasteiger partial charge in [0.05, 0.1) is 0 Å². The molecule has 18 heavy (non-hydrogen) atoms. The van der Waals surface area contributed by atoms with Crippen LogP contribution in [0.25, 0.3) is 4.47 Å². The van der Waals surface area contributed by atoms with Crippen molar-refractivity contribution >= 4 is 36.9 Å². The van der Waals surface area contributed by atoms with Crippen molar-refractivity contribution in [2.75, 3.05) is 14.1 Å². The molecule has 0 N–H and O–H groups in total. The first-order valence-corrected chi connectivity index (χ1v) is 12.0. The van der Waals surface area contributed by atoms with Crippen LogP contribution in [0.2, 0.25) is 0 Å². The molecular formula is C15H18NSe2+. The van der Waals surface area contributed by atoms with Gasteiger partial charge in [0, 0.05) is 0 Å². The summed E-state index contributed by atoms with van der Waals surface area (Å²) in [4.78, 5) is 0. The zero-order valence-corrected chi connectivity index (χ0v) is 14.7. The molecule has 0 atom stereocenters. The molecule has 1 nitrogen and oxygen atoms in total. The molecule has 0 spiro atoms. The Kier molecular flexibility index (Phi) is 4.64. The Morgan fingerprint density at radius 1 is 1.11 bits per heavy atom. The first-order valence-electron chi connectivity index (χ1n) is 5.93. The molecule has 1 aliphatic heterocycles. The molecule has 1 aromatic rings. The fraction of sp³-hybridized carbons (Fsp3) is 0.267. The van der Waals surface area contributed by atoms with Crippen molar-refractivity contribution in [3.8, 4) is 0 Å². The summed E-state index contributed by atoms with van der Waals surface area (Å²) in [7, 11) is 4.18. The van der Waals surface area contributed by atoms with Gasteiger partial charge in [0.1, 0.15) is 0 Å². The van der Waals surface area contributed by atoms with Crippen molar-refractivity contribution in [3.05, 3.63) is 51.5 Å². The number of benzene rings is 1. The van der Waals surface area contributed by atoms with Crippen LogP contribution in [0.3, 0.4) is 0 Å². The van der Waals surface area contributed by atoms with Crippen molar-refractivity contribution in [2.24, 2.45) is 0 Å². The van der Waals surface area contributed by atoms with Gasteiger partial charge < -0.3 is 0 Å². The van der Waals surface area contributed by atoms with Crippen LogP contribution in [0.15, 0.2) is 45.9 Å². The number of rotatable bonds is 2. The summed E-state index contributed by atoms with van der Waals surface area (Å²) >= 11 is 1.30. The average molecular weight is 370 g/mol. The topological polar surface area (TPSA) is 3.01 Å². The van der Waals surface area contributed by atoms with Gasteiger partial charge in [0.15, 0.2) is 0 Å². The number of hydrogen-bond donors (Lipinski definition) is 0. The van der Waals surface area contributed by atoms with Crippen molar-refractivity contribution in [1.29, 1.82) is 0 Å². The van der Waals surface area contributed by atoms with Crippen molar-refractivity contribution in [1.82, 2.24) is 0 Å². The van der Waals surface area contributed by atoms with Crippen LogP contribution in [0.5, 0.6) is 0 Å². The Hall–Kier alpha value is -0.591. The standard InChI is InChI=1S/C15H18NSe2/c1-11(10-16(3)4)14-12(2)15(18-17-14)13-8-6-5-7-9-13/h5-10H,1-4H3/q+1/b14-11-. The van der Waals surface area contributed by atoms with E-state index < -0.39 is 0 Å². The minimum absolute atomic E-state index is 0.648. The van der Waals surface area contributed by atoms with Gasteiger partial charge in [-0.25, -0.2) is 0 Å². The second-order valence-electron chi connectivity index (χ2n) is 4.59. The maximum atomic E-state index is 2.29. The predicted molar refractivity (Wildman–Crippen MR) is 81.4 cm³/mol. The van der Waals surface area contributed by atoms with E-state index in [0.717, 1.165) is 0 Å². The maximum absolute atomic E-state index is 2.29. The molecule has 0 radical (unpaired) electrons. The zero-order valence-electron chi connectivity index (χ0n) is 11.2. The summed E-state index contributed by atoms with van der Waals surface area (Å²) in [6, 6.07) is 10.8. The molecule has 94 valence electrons. The Labute approximate surface area is 121 Å². The second kappa shape index (κ2) is 6.03. The molecular weight excluding hydrogens is 352 g/mol. The molecule has 0 fully saturated rings. The molecule has 1 heterocycles. The Bertz CT molecular complexity index is 535. The van der Waals surface area contributed by atoms with Gasteiger partial charge in [0.2, 0.25) is 0 Å². The monoisotopic (exact) mass is 372 g/mol. The van der Waals surface area contributed by atoms with Gasteiger partial charge >= 0.3 is 121 Å². The van der Waals surface area contributed by atoms with Crippen LogP contribution < -0.4 is 0 Å². The first-order chi connectivity index (χ1) is 8.59. The molecule has 0 saturated heterocycles. The van der Waals surface area contributed by atoms with Gasteiger partial charge in [0.25, 0.3) is 0 Å². The molecule has 0 unspecified atom stereocenters. The fourth-order valence-electron chi connectivity index (χ4n) is 1.97. The summed E-state index contributed by atoms with van der Waals surface area (Å²) in [5.74, 6) is 0. The van der Waals surface area contributed by atoms with Crippen LogP contribution in [0, 0.1) is 0 Å². The van der Waals surface area contributed by atoms with E-state index in [-0.39, 0.29) is 0 Å². The van der Waals surface area contributed by atoms with Gasteiger partial charge in [-0.3, -0.25) is 0 Å². The SMILES string of the molecule is CC1=C(c2ccccc2)[Se][Se]/C1=C(/C)C=[N+](C)C. The second-order valence-corrected chi connectivity index (χ2v) is 10.6. The van der Waals surface area contributed by atoms with Crippen LogP contribution in [0.1, 0.15) is 19.4 Å². The van der Waals surface area contributed by atoms with Crippen LogP contribution in [-0.4, -0.2) is 51.1 Å². The van der Waals surface area contributed by atoms with E-state index >= 15 is 0 Å². The first kappa shape index (κ1) is 13.8. The average Bonchev–Trinajstić information content (AvgIpc) is 2.71. The van der Waals surface area contributed by atoms with Crippen LogP contribution in [0.4, 0.5) is 0 Å². The molecule has 0 saturated carbocycles. The Morgan fingerprint density at radius 3 is 2.39 bits per heavy atom. The molecule has 1 aliphatic rings. The van der Waals surface area contributed by atoms with E-state index in [0.29, 0.717) is 26.3 Å². The summed E-state index contributed by atoms with van der Waals surface area (Å²) in [6.07, 6.45) is 2.24. The van der Waals surface area contributed by atoms with Gasteiger partial charge in [-0.1, -0.05) is 0 Å². The third kappa shape index (κ3) is 3.05. The Balaban J connectivity index is 2.42. The number of allylic oxidation sites excluding steroid dienone is 3. The van der Waals surface area contributed by atoms with E-state index in [2.05, 4.69) is 69.1 Å². The van der Waals surface area contributed by atoms with E-state index in [4.69, 9.17) is 0 Å². The van der Waals surface area contributed by atoms with Gasteiger partial charge in [-0.05, 0) is 0 Å². The number of hydrogen-bond acceptors (Lipinski definition) is 0. The predicted octanol–water partition coefficient (Wildman–Crippen LogP) is 2.37. The molecule has 0 aromatic heterocycles. The van der Waals surface area contributed by atoms with Crippen molar-refractivity contribution in [3.63, 3.8) is 0 Å². The van der Waals surface area contributed by atoms with Crippen LogP contribution in [-0.2, 0) is 0 Å². The molecule has 0 bridgehead atoms. The number of nitrogens with zero attached hydrogens (tertiary/aromatic N) is 1. The summed E-state index contributed by atoms with van der Waals surface area (Å²) < 4.78 is 5.35. The zero-order chi connectivity index (χ0) is 13.1. The van der Waals surface area contributed by atoms with Crippen molar-refractivity contribution < 1.29 is 4.58 Å². The molecule has 0 amide bonds. The van der Waals surface area contributed by atoms with E-state index in [1.807, 2.05) is 0 Å². The van der Waals surface area contributed by atoms with E-state index in [1.165, 1.54) is 16.7 Å². The third-order valence-corrected chi connectivity index (χ3v) is 10.6. The normalized spacial score (nSPS) is 18.0. The molecule has 3 heteroatoms. The van der Waals surface area contributed by atoms with E-state index in [9.17, 15) is 0 Å². The van der Waals surface area contributed by atoms with Crippen molar-refractivity contribution in [2.45, 2.75) is 13.8 Å². The minimum atomic E-state index is 0.648. The quantitative estimate of drug-likeness (QED) is 0.427. The van der Waals surface area contributed by atoms with E-state index in [1.54, 1.807) is 8.94 Å². The molecule has 0 aliphatic carbocycles. The molecule has 1 aromatic carbocycles. The van der Waals surface area contributed by atoms with Gasteiger partial charge in [-0.15, -0.1) is 0 Å². The molecule has 2 rings (SSSR count). The third-order valence-electron chi connectivity index (χ3n) is 2.74. The summed E-state index contributed by atoms with van der Waals surface area (Å²) in [6.45, 7) is 4.53. The fourth-order valence-corrected chi connectivity index (χ4v) is 11.5. The summed E-state index contributed by atoms with van der Waals surface area (Å²) in [5.41, 5.74) is 4.38. The Morgan fingerprint density at radius 2 is 1.78 bits per heavy atom. The van der Waals surface area contributed by atoms with Crippen LogP contribution >= 0.6 is 0 Å². The van der Waals surface area contributed by atoms with Gasteiger partial charge in [-0.2, -0.15) is 0 Å². The summed E-state index contributed by atoms with van der Waals surface area (Å²) in [5, 5.41) is 0.